The quantitative estimate of drug-likeness (QED) is 0.634. The summed E-state index contributed by atoms with van der Waals surface area (Å²) in [5.41, 5.74) is 1.20. The predicted octanol–water partition coefficient (Wildman–Crippen LogP) is 1.66. The first-order chi connectivity index (χ1) is 9.86. The largest absolute Gasteiger partial charge is 0.454 e. The highest BCUT2D eigenvalue weighted by Gasteiger charge is 2.21. The molecular formula is C15H17N3O3. The summed E-state index contributed by atoms with van der Waals surface area (Å²) in [6.07, 6.45) is 0. The minimum absolute atomic E-state index is 0.0612. The number of esters is 1. The van der Waals surface area contributed by atoms with Crippen LogP contribution in [-0.4, -0.2) is 38.2 Å². The topological polar surface area (TPSA) is 94.3 Å². The Morgan fingerprint density at radius 1 is 1.33 bits per heavy atom. The molecule has 0 saturated heterocycles. The Hall–Kier alpha value is -2.68. The van der Waals surface area contributed by atoms with Gasteiger partial charge in [0.1, 0.15) is 5.92 Å². The van der Waals surface area contributed by atoms with E-state index in [1.54, 1.807) is 30.3 Å². The summed E-state index contributed by atoms with van der Waals surface area (Å²) in [6, 6.07) is 8.44. The average molecular weight is 287 g/mol. The van der Waals surface area contributed by atoms with Gasteiger partial charge in [-0.15, -0.1) is 0 Å². The van der Waals surface area contributed by atoms with Crippen molar-refractivity contribution in [3.8, 4) is 6.07 Å². The number of ether oxygens (including phenoxy) is 1. The lowest BCUT2D eigenvalue weighted by Crippen LogP contribution is -2.25. The lowest BCUT2D eigenvalue weighted by Gasteiger charge is -2.12. The van der Waals surface area contributed by atoms with Gasteiger partial charge in [0, 0.05) is 25.5 Å². The number of hydrogen-bond donors (Lipinski definition) is 1. The summed E-state index contributed by atoms with van der Waals surface area (Å²) < 4.78 is 4.87. The zero-order valence-corrected chi connectivity index (χ0v) is 12.2. The van der Waals surface area contributed by atoms with Crippen LogP contribution in [0.15, 0.2) is 24.3 Å². The summed E-state index contributed by atoms with van der Waals surface area (Å²) in [6.45, 7) is 0.857. The maximum absolute atomic E-state index is 11.8. The van der Waals surface area contributed by atoms with E-state index in [1.165, 1.54) is 6.92 Å². The van der Waals surface area contributed by atoms with Crippen LogP contribution in [0, 0.1) is 22.7 Å². The first-order valence-electron chi connectivity index (χ1n) is 6.28. The number of Topliss-reactive ketones (excluding diaryl/α,β-unsaturated/α-hetero) is 1. The molecule has 0 fully saturated rings. The summed E-state index contributed by atoms with van der Waals surface area (Å²) in [7, 11) is 3.77. The minimum atomic E-state index is -1.16. The van der Waals surface area contributed by atoms with Crippen molar-refractivity contribution >= 4 is 23.2 Å². The Morgan fingerprint density at radius 2 is 1.90 bits per heavy atom. The fourth-order valence-electron chi connectivity index (χ4n) is 1.61. The van der Waals surface area contributed by atoms with E-state index in [2.05, 4.69) is 0 Å². The van der Waals surface area contributed by atoms with Gasteiger partial charge in [-0.25, -0.2) is 4.79 Å². The van der Waals surface area contributed by atoms with E-state index in [-0.39, 0.29) is 5.71 Å². The summed E-state index contributed by atoms with van der Waals surface area (Å²) in [5.74, 6) is -2.38. The van der Waals surface area contributed by atoms with Crippen molar-refractivity contribution in [2.45, 2.75) is 6.92 Å². The monoisotopic (exact) mass is 287 g/mol. The molecule has 6 heteroatoms. The normalized spacial score (nSPS) is 11.1. The molecule has 0 spiro atoms. The van der Waals surface area contributed by atoms with Crippen LogP contribution in [0.25, 0.3) is 0 Å². The number of benzene rings is 1. The molecule has 6 nitrogen and oxygen atoms in total. The molecule has 0 bridgehead atoms. The van der Waals surface area contributed by atoms with E-state index in [0.29, 0.717) is 5.56 Å². The summed E-state index contributed by atoms with van der Waals surface area (Å²) in [5, 5.41) is 16.1. The molecule has 110 valence electrons. The third kappa shape index (κ3) is 4.42. The highest BCUT2D eigenvalue weighted by atomic mass is 16.5. The van der Waals surface area contributed by atoms with Crippen molar-refractivity contribution in [1.29, 1.82) is 10.7 Å². The van der Waals surface area contributed by atoms with E-state index in [9.17, 15) is 9.59 Å². The Kier molecular flexibility index (Phi) is 5.61. The van der Waals surface area contributed by atoms with Gasteiger partial charge >= 0.3 is 5.97 Å². The number of nitriles is 1. The zero-order valence-electron chi connectivity index (χ0n) is 12.2. The van der Waals surface area contributed by atoms with Crippen molar-refractivity contribution < 1.29 is 14.3 Å². The van der Waals surface area contributed by atoms with Crippen LogP contribution >= 0.6 is 0 Å². The molecule has 1 atom stereocenters. The second kappa shape index (κ2) is 7.20. The van der Waals surface area contributed by atoms with Crippen LogP contribution in [0.2, 0.25) is 0 Å². The average Bonchev–Trinajstić information content (AvgIpc) is 2.45. The molecule has 1 rings (SSSR count). The number of hydrogen-bond acceptors (Lipinski definition) is 6. The van der Waals surface area contributed by atoms with Crippen molar-refractivity contribution in [2.75, 3.05) is 25.6 Å². The molecule has 1 N–H and O–H groups in total. The van der Waals surface area contributed by atoms with E-state index in [0.717, 1.165) is 5.69 Å². The SMILES string of the molecule is CC(=N)C(C#N)C(=O)COC(=O)c1ccc(N(C)C)cc1. The molecule has 0 aliphatic heterocycles. The molecule has 0 heterocycles. The Labute approximate surface area is 123 Å². The highest BCUT2D eigenvalue weighted by molar-refractivity contribution is 6.06. The number of carbonyl (C=O) groups is 2. The molecule has 0 aliphatic rings. The third-order valence-corrected chi connectivity index (χ3v) is 2.85. The van der Waals surface area contributed by atoms with Gasteiger partial charge in [-0.2, -0.15) is 5.26 Å². The Morgan fingerprint density at radius 3 is 2.33 bits per heavy atom. The van der Waals surface area contributed by atoms with Crippen LogP contribution < -0.4 is 4.90 Å². The van der Waals surface area contributed by atoms with Crippen molar-refractivity contribution in [3.63, 3.8) is 0 Å². The zero-order chi connectivity index (χ0) is 16.0. The summed E-state index contributed by atoms with van der Waals surface area (Å²) >= 11 is 0. The van der Waals surface area contributed by atoms with Crippen molar-refractivity contribution in [1.82, 2.24) is 0 Å². The van der Waals surface area contributed by atoms with Gasteiger partial charge in [-0.05, 0) is 31.2 Å². The molecular weight excluding hydrogens is 270 g/mol. The predicted molar refractivity (Wildman–Crippen MR) is 78.6 cm³/mol. The number of rotatable bonds is 6. The Bertz CT molecular complexity index is 585. The van der Waals surface area contributed by atoms with E-state index >= 15 is 0 Å². The number of anilines is 1. The molecule has 0 amide bonds. The van der Waals surface area contributed by atoms with Gasteiger partial charge in [0.05, 0.1) is 11.6 Å². The molecule has 1 aromatic carbocycles. The van der Waals surface area contributed by atoms with Gasteiger partial charge in [-0.1, -0.05) is 0 Å². The van der Waals surface area contributed by atoms with Gasteiger partial charge in [0.25, 0.3) is 0 Å². The lowest BCUT2D eigenvalue weighted by molar-refractivity contribution is -0.122. The third-order valence-electron chi connectivity index (χ3n) is 2.85. The van der Waals surface area contributed by atoms with Crippen LogP contribution in [-0.2, 0) is 9.53 Å². The maximum atomic E-state index is 11.8. The molecule has 0 aromatic heterocycles. The van der Waals surface area contributed by atoms with E-state index < -0.39 is 24.3 Å². The molecule has 21 heavy (non-hydrogen) atoms. The molecule has 1 unspecified atom stereocenters. The second-order valence-corrected chi connectivity index (χ2v) is 4.73. The molecule has 0 aliphatic carbocycles. The van der Waals surface area contributed by atoms with Crippen molar-refractivity contribution in [2.24, 2.45) is 5.92 Å². The van der Waals surface area contributed by atoms with Crippen LogP contribution in [0.5, 0.6) is 0 Å². The second-order valence-electron chi connectivity index (χ2n) is 4.73. The highest BCUT2D eigenvalue weighted by Crippen LogP contribution is 2.13. The smallest absolute Gasteiger partial charge is 0.338 e. The standard InChI is InChI=1S/C15H17N3O3/c1-10(17)13(8-16)14(19)9-21-15(20)11-4-6-12(7-5-11)18(2)3/h4-7,13,17H,9H2,1-3H3. The number of nitrogens with one attached hydrogen (secondary N) is 1. The van der Waals surface area contributed by atoms with Crippen molar-refractivity contribution in [3.05, 3.63) is 29.8 Å². The fourth-order valence-corrected chi connectivity index (χ4v) is 1.61. The van der Waals surface area contributed by atoms with Gasteiger partial charge in [0.2, 0.25) is 0 Å². The van der Waals surface area contributed by atoms with E-state index in [1.807, 2.05) is 19.0 Å². The van der Waals surface area contributed by atoms with Gasteiger partial charge < -0.3 is 15.0 Å². The minimum Gasteiger partial charge on any atom is -0.454 e. The van der Waals surface area contributed by atoms with E-state index in [4.69, 9.17) is 15.4 Å². The first kappa shape index (κ1) is 16.4. The number of ketones is 1. The van der Waals surface area contributed by atoms with Gasteiger partial charge in [0.15, 0.2) is 12.4 Å². The Balaban J connectivity index is 2.64. The van der Waals surface area contributed by atoms with Crippen LogP contribution in [0.4, 0.5) is 5.69 Å². The molecule has 0 radical (unpaired) electrons. The molecule has 1 aromatic rings. The molecule has 0 saturated carbocycles. The summed E-state index contributed by atoms with van der Waals surface area (Å²) in [4.78, 5) is 25.3. The number of carbonyl (C=O) groups excluding carboxylic acids is 2. The lowest BCUT2D eigenvalue weighted by atomic mass is 10.0. The van der Waals surface area contributed by atoms with Gasteiger partial charge in [-0.3, -0.25) is 4.79 Å². The number of nitrogens with zero attached hydrogens (tertiary/aromatic N) is 2. The fraction of sp³-hybridized carbons (Fsp3) is 0.333. The first-order valence-corrected chi connectivity index (χ1v) is 6.28. The van der Waals surface area contributed by atoms with Crippen LogP contribution in [0.1, 0.15) is 17.3 Å². The maximum Gasteiger partial charge on any atom is 0.338 e. The van der Waals surface area contributed by atoms with Crippen LogP contribution in [0.3, 0.4) is 0 Å².